The normalized spacial score (nSPS) is 44.5. The number of hydrogen-bond acceptors (Lipinski definition) is 2. The van der Waals surface area contributed by atoms with Gasteiger partial charge in [-0.1, -0.05) is 32.6 Å². The van der Waals surface area contributed by atoms with Crippen molar-refractivity contribution in [2.24, 2.45) is 35.3 Å². The van der Waals surface area contributed by atoms with E-state index in [0.717, 1.165) is 41.7 Å². The summed E-state index contributed by atoms with van der Waals surface area (Å²) in [6.45, 7) is 2.45. The molecule has 0 spiro atoms. The fraction of sp³-hybridized carbons (Fsp3) is 1.00. The van der Waals surface area contributed by atoms with Crippen LogP contribution in [0.1, 0.15) is 122 Å². The molecule has 0 bridgehead atoms. The largest absolute Gasteiger partial charge is 0.328 e. The molecule has 4 aliphatic rings. The van der Waals surface area contributed by atoms with E-state index in [0.29, 0.717) is 6.04 Å². The van der Waals surface area contributed by atoms with Crippen LogP contribution in [0, 0.1) is 29.6 Å². The van der Waals surface area contributed by atoms with Crippen LogP contribution in [0.4, 0.5) is 0 Å². The zero-order valence-electron chi connectivity index (χ0n) is 19.4. The first-order valence-corrected chi connectivity index (χ1v) is 13.7. The third-order valence-corrected chi connectivity index (χ3v) is 9.53. The lowest BCUT2D eigenvalue weighted by molar-refractivity contribution is 0.180. The maximum Gasteiger partial charge on any atom is 0.00698 e. The first kappa shape index (κ1) is 22.1. The zero-order valence-corrected chi connectivity index (χ0v) is 19.4. The average molecular weight is 403 g/mol. The first-order valence-electron chi connectivity index (χ1n) is 13.7. The van der Waals surface area contributed by atoms with E-state index in [9.17, 15) is 0 Å². The standard InChI is InChI=1S/C27H50N2/c1-20-2-4-21(5-3-20)18-23-8-14-26(15-9-23)29-27-16-10-24(11-17-27)19-22-6-12-25(28)13-7-22/h20-27,29H,2-19,28H2,1H3. The highest BCUT2D eigenvalue weighted by molar-refractivity contribution is 4.86. The Morgan fingerprint density at radius 3 is 1.28 bits per heavy atom. The molecule has 4 rings (SSSR count). The van der Waals surface area contributed by atoms with Gasteiger partial charge in [0.15, 0.2) is 0 Å². The zero-order chi connectivity index (χ0) is 20.1. The van der Waals surface area contributed by atoms with Crippen LogP contribution in [-0.4, -0.2) is 18.1 Å². The molecule has 168 valence electrons. The number of nitrogens with one attached hydrogen (secondary N) is 1. The molecular formula is C27H50N2. The second kappa shape index (κ2) is 11.0. The Hall–Kier alpha value is -0.0800. The summed E-state index contributed by atoms with van der Waals surface area (Å²) in [6.07, 6.45) is 26.2. The van der Waals surface area contributed by atoms with Crippen LogP contribution in [0.3, 0.4) is 0 Å². The minimum absolute atomic E-state index is 0.507. The molecule has 0 unspecified atom stereocenters. The van der Waals surface area contributed by atoms with Gasteiger partial charge in [-0.3, -0.25) is 0 Å². The van der Waals surface area contributed by atoms with Crippen molar-refractivity contribution in [2.75, 3.05) is 0 Å². The summed E-state index contributed by atoms with van der Waals surface area (Å²) in [6, 6.07) is 2.17. The van der Waals surface area contributed by atoms with Gasteiger partial charge in [-0.05, 0) is 119 Å². The quantitative estimate of drug-likeness (QED) is 0.511. The minimum Gasteiger partial charge on any atom is -0.328 e. The molecule has 29 heavy (non-hydrogen) atoms. The molecule has 0 amide bonds. The van der Waals surface area contributed by atoms with E-state index in [1.165, 1.54) is 109 Å². The van der Waals surface area contributed by atoms with Crippen molar-refractivity contribution in [3.05, 3.63) is 0 Å². The Bertz CT molecular complexity index is 403. The fourth-order valence-electron chi connectivity index (χ4n) is 7.39. The van der Waals surface area contributed by atoms with Gasteiger partial charge in [-0.15, -0.1) is 0 Å². The third-order valence-electron chi connectivity index (χ3n) is 9.53. The predicted molar refractivity (Wildman–Crippen MR) is 125 cm³/mol. The van der Waals surface area contributed by atoms with Gasteiger partial charge in [-0.25, -0.2) is 0 Å². The predicted octanol–water partition coefficient (Wildman–Crippen LogP) is 6.82. The van der Waals surface area contributed by atoms with Crippen molar-refractivity contribution < 1.29 is 0 Å². The van der Waals surface area contributed by atoms with Crippen LogP contribution in [0.15, 0.2) is 0 Å². The molecule has 4 aliphatic carbocycles. The highest BCUT2D eigenvalue weighted by Crippen LogP contribution is 2.38. The van der Waals surface area contributed by atoms with Crippen LogP contribution in [0.25, 0.3) is 0 Å². The van der Waals surface area contributed by atoms with Crippen LogP contribution >= 0.6 is 0 Å². The molecular weight excluding hydrogens is 352 g/mol. The first-order chi connectivity index (χ1) is 14.1. The maximum atomic E-state index is 6.09. The summed E-state index contributed by atoms with van der Waals surface area (Å²) in [5, 5.41) is 4.10. The summed E-state index contributed by atoms with van der Waals surface area (Å²) >= 11 is 0. The molecule has 4 fully saturated rings. The highest BCUT2D eigenvalue weighted by Gasteiger charge is 2.29. The molecule has 2 heteroatoms. The molecule has 0 heterocycles. The molecule has 3 N–H and O–H groups in total. The van der Waals surface area contributed by atoms with Crippen molar-refractivity contribution in [1.82, 2.24) is 5.32 Å². The van der Waals surface area contributed by atoms with Crippen LogP contribution < -0.4 is 11.1 Å². The molecule has 0 aliphatic heterocycles. The van der Waals surface area contributed by atoms with Gasteiger partial charge < -0.3 is 11.1 Å². The molecule has 0 aromatic rings. The van der Waals surface area contributed by atoms with Gasteiger partial charge in [0.05, 0.1) is 0 Å². The molecule has 0 aromatic carbocycles. The van der Waals surface area contributed by atoms with E-state index in [4.69, 9.17) is 5.73 Å². The number of nitrogens with two attached hydrogens (primary N) is 1. The Balaban J connectivity index is 1.08. The van der Waals surface area contributed by atoms with E-state index < -0.39 is 0 Å². The number of rotatable bonds is 6. The molecule has 0 atom stereocenters. The lowest BCUT2D eigenvalue weighted by atomic mass is 9.74. The van der Waals surface area contributed by atoms with Crippen LogP contribution in [0.5, 0.6) is 0 Å². The van der Waals surface area contributed by atoms with Crippen LogP contribution in [0.2, 0.25) is 0 Å². The fourth-order valence-corrected chi connectivity index (χ4v) is 7.39. The van der Waals surface area contributed by atoms with Crippen molar-refractivity contribution in [3.8, 4) is 0 Å². The lowest BCUT2D eigenvalue weighted by Crippen LogP contribution is -2.42. The average Bonchev–Trinajstić information content (AvgIpc) is 2.74. The minimum atomic E-state index is 0.507. The Kier molecular flexibility index (Phi) is 8.38. The van der Waals surface area contributed by atoms with Crippen molar-refractivity contribution in [1.29, 1.82) is 0 Å². The topological polar surface area (TPSA) is 38.0 Å². The summed E-state index contributed by atoms with van der Waals surface area (Å²) in [7, 11) is 0. The summed E-state index contributed by atoms with van der Waals surface area (Å²) < 4.78 is 0. The van der Waals surface area contributed by atoms with E-state index in [1.807, 2.05) is 0 Å². The monoisotopic (exact) mass is 402 g/mol. The summed E-state index contributed by atoms with van der Waals surface area (Å²) in [5.41, 5.74) is 6.09. The number of hydrogen-bond donors (Lipinski definition) is 2. The van der Waals surface area contributed by atoms with Gasteiger partial charge in [0.25, 0.3) is 0 Å². The van der Waals surface area contributed by atoms with E-state index >= 15 is 0 Å². The lowest BCUT2D eigenvalue weighted by Gasteiger charge is -2.38. The molecule has 0 radical (unpaired) electrons. The summed E-state index contributed by atoms with van der Waals surface area (Å²) in [4.78, 5) is 0. The maximum absolute atomic E-state index is 6.09. The third kappa shape index (κ3) is 6.96. The van der Waals surface area contributed by atoms with Gasteiger partial charge in [0, 0.05) is 18.1 Å². The van der Waals surface area contributed by atoms with Gasteiger partial charge in [0.1, 0.15) is 0 Å². The Morgan fingerprint density at radius 2 is 0.862 bits per heavy atom. The highest BCUT2D eigenvalue weighted by atomic mass is 15.0. The van der Waals surface area contributed by atoms with Gasteiger partial charge in [-0.2, -0.15) is 0 Å². The van der Waals surface area contributed by atoms with E-state index in [1.54, 1.807) is 6.42 Å². The van der Waals surface area contributed by atoms with E-state index in [-0.39, 0.29) is 0 Å². The second-order valence-electron chi connectivity index (χ2n) is 12.0. The molecule has 0 saturated heterocycles. The van der Waals surface area contributed by atoms with Gasteiger partial charge >= 0.3 is 0 Å². The molecule has 4 saturated carbocycles. The van der Waals surface area contributed by atoms with Gasteiger partial charge in [0.2, 0.25) is 0 Å². The molecule has 0 aromatic heterocycles. The van der Waals surface area contributed by atoms with E-state index in [2.05, 4.69) is 12.2 Å². The summed E-state index contributed by atoms with van der Waals surface area (Å²) in [5.74, 6) is 5.12. The van der Waals surface area contributed by atoms with Crippen molar-refractivity contribution in [3.63, 3.8) is 0 Å². The van der Waals surface area contributed by atoms with Crippen molar-refractivity contribution in [2.45, 2.75) is 141 Å². The van der Waals surface area contributed by atoms with Crippen LogP contribution in [-0.2, 0) is 0 Å². The Labute approximate surface area is 181 Å². The SMILES string of the molecule is CC1CCC(CC2CCC(NC3CCC(CC4CCC(N)CC4)CC3)CC2)CC1. The molecule has 2 nitrogen and oxygen atoms in total. The van der Waals surface area contributed by atoms with Crippen molar-refractivity contribution >= 4 is 0 Å². The smallest absolute Gasteiger partial charge is 0.00698 e. The Morgan fingerprint density at radius 1 is 0.517 bits per heavy atom. The second-order valence-corrected chi connectivity index (χ2v) is 12.0.